The SMILES string of the molecule is C=C(C)Cn1nnnc1CC(=O)NCCC(=O)O. The van der Waals surface area contributed by atoms with Crippen LogP contribution >= 0.6 is 0 Å². The zero-order chi connectivity index (χ0) is 13.5. The Morgan fingerprint density at radius 3 is 2.83 bits per heavy atom. The smallest absolute Gasteiger partial charge is 0.305 e. The first-order chi connectivity index (χ1) is 8.49. The summed E-state index contributed by atoms with van der Waals surface area (Å²) < 4.78 is 1.49. The molecule has 1 aromatic heterocycles. The molecule has 0 aliphatic rings. The van der Waals surface area contributed by atoms with Crippen LogP contribution < -0.4 is 5.32 Å². The highest BCUT2D eigenvalue weighted by molar-refractivity contribution is 5.78. The fraction of sp³-hybridized carbons (Fsp3) is 0.500. The number of hydrogen-bond donors (Lipinski definition) is 2. The molecule has 0 aliphatic heterocycles. The molecular formula is C10H15N5O3. The van der Waals surface area contributed by atoms with Gasteiger partial charge in [-0.05, 0) is 17.4 Å². The lowest BCUT2D eigenvalue weighted by Gasteiger charge is -2.04. The molecule has 8 nitrogen and oxygen atoms in total. The van der Waals surface area contributed by atoms with E-state index in [1.807, 2.05) is 6.92 Å². The van der Waals surface area contributed by atoms with Crippen molar-refractivity contribution in [1.29, 1.82) is 0 Å². The van der Waals surface area contributed by atoms with Gasteiger partial charge in [0.2, 0.25) is 5.91 Å². The van der Waals surface area contributed by atoms with Crippen molar-refractivity contribution in [1.82, 2.24) is 25.5 Å². The summed E-state index contributed by atoms with van der Waals surface area (Å²) in [5, 5.41) is 21.9. The molecule has 1 amide bonds. The zero-order valence-electron chi connectivity index (χ0n) is 10.1. The molecule has 18 heavy (non-hydrogen) atoms. The summed E-state index contributed by atoms with van der Waals surface area (Å²) in [6.07, 6.45) is -0.0949. The van der Waals surface area contributed by atoms with Crippen molar-refractivity contribution in [3.8, 4) is 0 Å². The third-order valence-electron chi connectivity index (χ3n) is 2.01. The maximum Gasteiger partial charge on any atom is 0.305 e. The summed E-state index contributed by atoms with van der Waals surface area (Å²) in [6, 6.07) is 0. The fourth-order valence-electron chi connectivity index (χ4n) is 1.24. The number of amides is 1. The summed E-state index contributed by atoms with van der Waals surface area (Å²) >= 11 is 0. The number of aliphatic carboxylic acids is 1. The molecule has 1 aromatic rings. The van der Waals surface area contributed by atoms with Gasteiger partial charge in [0.25, 0.3) is 0 Å². The summed E-state index contributed by atoms with van der Waals surface area (Å²) in [4.78, 5) is 21.8. The molecule has 0 radical (unpaired) electrons. The lowest BCUT2D eigenvalue weighted by atomic mass is 10.3. The Balaban J connectivity index is 2.46. The van der Waals surface area contributed by atoms with Gasteiger partial charge in [0.15, 0.2) is 5.82 Å². The third kappa shape index (κ3) is 4.73. The predicted molar refractivity (Wildman–Crippen MR) is 61.6 cm³/mol. The molecule has 8 heteroatoms. The third-order valence-corrected chi connectivity index (χ3v) is 2.01. The second-order valence-corrected chi connectivity index (χ2v) is 3.88. The van der Waals surface area contributed by atoms with Crippen LogP contribution in [0.2, 0.25) is 0 Å². The lowest BCUT2D eigenvalue weighted by molar-refractivity contribution is -0.136. The number of rotatable bonds is 7. The van der Waals surface area contributed by atoms with Crippen molar-refractivity contribution in [3.63, 3.8) is 0 Å². The molecule has 0 unspecified atom stereocenters. The van der Waals surface area contributed by atoms with Crippen molar-refractivity contribution in [3.05, 3.63) is 18.0 Å². The first kappa shape index (κ1) is 13.8. The lowest BCUT2D eigenvalue weighted by Crippen LogP contribution is -2.28. The highest BCUT2D eigenvalue weighted by Crippen LogP contribution is 1.98. The molecule has 2 N–H and O–H groups in total. The second-order valence-electron chi connectivity index (χ2n) is 3.88. The van der Waals surface area contributed by atoms with Gasteiger partial charge >= 0.3 is 5.97 Å². The minimum Gasteiger partial charge on any atom is -0.481 e. The van der Waals surface area contributed by atoms with E-state index in [1.54, 1.807) is 0 Å². The maximum absolute atomic E-state index is 11.5. The van der Waals surface area contributed by atoms with Gasteiger partial charge in [-0.1, -0.05) is 12.2 Å². The minimum atomic E-state index is -0.956. The molecule has 0 saturated carbocycles. The molecule has 0 spiro atoms. The van der Waals surface area contributed by atoms with Crippen LogP contribution in [0, 0.1) is 0 Å². The van der Waals surface area contributed by atoms with Gasteiger partial charge in [-0.3, -0.25) is 9.59 Å². The van der Waals surface area contributed by atoms with Gasteiger partial charge in [-0.25, -0.2) is 4.68 Å². The van der Waals surface area contributed by atoms with Crippen molar-refractivity contribution >= 4 is 11.9 Å². The van der Waals surface area contributed by atoms with Crippen LogP contribution in [0.1, 0.15) is 19.2 Å². The van der Waals surface area contributed by atoms with Gasteiger partial charge in [0.1, 0.15) is 0 Å². The molecule has 1 heterocycles. The Labute approximate surface area is 104 Å². The Hall–Kier alpha value is -2.25. The Morgan fingerprint density at radius 1 is 1.50 bits per heavy atom. The number of carboxylic acids is 1. The van der Waals surface area contributed by atoms with Gasteiger partial charge < -0.3 is 10.4 Å². The van der Waals surface area contributed by atoms with Gasteiger partial charge in [0.05, 0.1) is 19.4 Å². The first-order valence-electron chi connectivity index (χ1n) is 5.37. The number of aromatic nitrogens is 4. The molecule has 0 fully saturated rings. The van der Waals surface area contributed by atoms with E-state index in [9.17, 15) is 9.59 Å². The summed E-state index contributed by atoms with van der Waals surface area (Å²) in [5.74, 6) is -0.845. The normalized spacial score (nSPS) is 10.1. The number of allylic oxidation sites excluding steroid dienone is 1. The molecule has 0 bridgehead atoms. The quantitative estimate of drug-likeness (QED) is 0.627. The van der Waals surface area contributed by atoms with Crippen LogP contribution in [-0.4, -0.2) is 43.7 Å². The van der Waals surface area contributed by atoms with Gasteiger partial charge in [0, 0.05) is 6.54 Å². The van der Waals surface area contributed by atoms with Gasteiger partial charge in [-0.15, -0.1) is 5.10 Å². The Morgan fingerprint density at radius 2 is 2.22 bits per heavy atom. The van der Waals surface area contributed by atoms with Crippen LogP contribution in [0.25, 0.3) is 0 Å². The summed E-state index contributed by atoms with van der Waals surface area (Å²) in [6.45, 7) is 6.11. The molecule has 98 valence electrons. The number of carboxylic acid groups (broad SMARTS) is 1. The largest absolute Gasteiger partial charge is 0.481 e. The summed E-state index contributed by atoms with van der Waals surface area (Å²) in [5.41, 5.74) is 0.870. The number of carbonyl (C=O) groups excluding carboxylic acids is 1. The molecule has 0 aromatic carbocycles. The average Bonchev–Trinajstić information content (AvgIpc) is 2.64. The topological polar surface area (TPSA) is 110 Å². The van der Waals surface area contributed by atoms with E-state index in [2.05, 4.69) is 27.4 Å². The maximum atomic E-state index is 11.5. The highest BCUT2D eigenvalue weighted by atomic mass is 16.4. The molecule has 0 aliphatic carbocycles. The van der Waals surface area contributed by atoms with Crippen LogP contribution in [-0.2, 0) is 22.6 Å². The fourth-order valence-corrected chi connectivity index (χ4v) is 1.24. The molecule has 0 saturated heterocycles. The highest BCUT2D eigenvalue weighted by Gasteiger charge is 2.11. The first-order valence-corrected chi connectivity index (χ1v) is 5.37. The number of nitrogens with one attached hydrogen (secondary N) is 1. The molecular weight excluding hydrogens is 238 g/mol. The summed E-state index contributed by atoms with van der Waals surface area (Å²) in [7, 11) is 0. The standard InChI is InChI=1S/C10H15N5O3/c1-7(2)6-15-8(12-13-14-15)5-9(16)11-4-3-10(17)18/h1,3-6H2,2H3,(H,11,16)(H,17,18). The van der Waals surface area contributed by atoms with Gasteiger partial charge in [-0.2, -0.15) is 0 Å². The molecule has 0 atom stereocenters. The Kier molecular flexibility index (Phi) is 4.97. The van der Waals surface area contributed by atoms with Crippen molar-refractivity contribution in [2.24, 2.45) is 0 Å². The van der Waals surface area contributed by atoms with Crippen molar-refractivity contribution in [2.75, 3.05) is 6.54 Å². The van der Waals surface area contributed by atoms with Crippen LogP contribution in [0.4, 0.5) is 0 Å². The molecule has 1 rings (SSSR count). The predicted octanol–water partition coefficient (Wildman–Crippen LogP) is -0.617. The van der Waals surface area contributed by atoms with E-state index in [4.69, 9.17) is 5.11 Å². The van der Waals surface area contributed by atoms with Crippen LogP contribution in [0.15, 0.2) is 12.2 Å². The average molecular weight is 253 g/mol. The van der Waals surface area contributed by atoms with E-state index < -0.39 is 5.97 Å². The van der Waals surface area contributed by atoms with Crippen LogP contribution in [0.3, 0.4) is 0 Å². The minimum absolute atomic E-state index is 0.0138. The van der Waals surface area contributed by atoms with E-state index >= 15 is 0 Å². The van der Waals surface area contributed by atoms with E-state index in [0.29, 0.717) is 12.4 Å². The van der Waals surface area contributed by atoms with Crippen molar-refractivity contribution in [2.45, 2.75) is 26.3 Å². The second kappa shape index (κ2) is 6.48. The van der Waals surface area contributed by atoms with E-state index in [-0.39, 0.29) is 25.3 Å². The van der Waals surface area contributed by atoms with E-state index in [1.165, 1.54) is 4.68 Å². The number of carbonyl (C=O) groups is 2. The van der Waals surface area contributed by atoms with E-state index in [0.717, 1.165) is 5.57 Å². The Bertz CT molecular complexity index is 454. The zero-order valence-corrected chi connectivity index (χ0v) is 10.1. The number of tetrazole rings is 1. The monoisotopic (exact) mass is 253 g/mol. The van der Waals surface area contributed by atoms with Crippen molar-refractivity contribution < 1.29 is 14.7 Å². The number of nitrogens with zero attached hydrogens (tertiary/aromatic N) is 4. The van der Waals surface area contributed by atoms with Crippen LogP contribution in [0.5, 0.6) is 0 Å². The number of hydrogen-bond acceptors (Lipinski definition) is 5.